The number of amides is 1. The van der Waals surface area contributed by atoms with E-state index in [2.05, 4.69) is 25.6 Å². The normalized spacial score (nSPS) is 13.4. The average Bonchev–Trinajstić information content (AvgIpc) is 3.00. The van der Waals surface area contributed by atoms with Crippen LogP contribution in [0.3, 0.4) is 0 Å². The molecule has 8 nitrogen and oxygen atoms in total. The van der Waals surface area contributed by atoms with Gasteiger partial charge >= 0.3 is 6.18 Å². The Kier molecular flexibility index (Phi) is 7.44. The third-order valence-corrected chi connectivity index (χ3v) is 5.69. The summed E-state index contributed by atoms with van der Waals surface area (Å²) in [5.74, 6) is 0.0189. The molecule has 0 atom stereocenters. The lowest BCUT2D eigenvalue weighted by molar-refractivity contribution is -0.137. The number of nitrogens with zero attached hydrogens (tertiary/aromatic N) is 4. The van der Waals surface area contributed by atoms with Crippen LogP contribution in [0.25, 0.3) is 11.3 Å². The maximum absolute atomic E-state index is 13.7. The maximum atomic E-state index is 13.7. The largest absolute Gasteiger partial charge is 0.418 e. The van der Waals surface area contributed by atoms with Crippen LogP contribution < -0.4 is 15.5 Å². The molecular weight excluding hydrogens is 485 g/mol. The number of carbonyl (C=O) groups is 1. The summed E-state index contributed by atoms with van der Waals surface area (Å²) in [5, 5.41) is 5.70. The molecule has 1 aliphatic rings. The van der Waals surface area contributed by atoms with Crippen molar-refractivity contribution in [3.8, 4) is 11.3 Å². The SMILES string of the molecule is COCCNc1nc(C)cc(-c2cccc(C3=Nc4cc(N(C)C)c(C(F)(F)F)cc4NC(=O)C3)c2)n1. The molecule has 194 valence electrons. The van der Waals surface area contributed by atoms with E-state index >= 15 is 0 Å². The summed E-state index contributed by atoms with van der Waals surface area (Å²) in [6, 6.07) is 11.5. The minimum Gasteiger partial charge on any atom is -0.383 e. The number of methoxy groups -OCH3 is 1. The molecule has 11 heteroatoms. The first-order valence-electron chi connectivity index (χ1n) is 11.5. The number of halogens is 3. The fourth-order valence-electron chi connectivity index (χ4n) is 3.98. The summed E-state index contributed by atoms with van der Waals surface area (Å²) in [4.78, 5) is 27.6. The number of carbonyl (C=O) groups excluding carboxylic acids is 1. The topological polar surface area (TPSA) is 91.7 Å². The van der Waals surface area contributed by atoms with Gasteiger partial charge in [-0.2, -0.15) is 13.2 Å². The van der Waals surface area contributed by atoms with Gasteiger partial charge in [-0.25, -0.2) is 9.97 Å². The highest BCUT2D eigenvalue weighted by molar-refractivity contribution is 6.17. The van der Waals surface area contributed by atoms with Crippen LogP contribution in [0.15, 0.2) is 47.5 Å². The first-order valence-corrected chi connectivity index (χ1v) is 11.5. The number of anilines is 3. The number of nitrogens with one attached hydrogen (secondary N) is 2. The molecule has 3 aromatic rings. The lowest BCUT2D eigenvalue weighted by Crippen LogP contribution is -2.18. The van der Waals surface area contributed by atoms with Gasteiger partial charge in [-0.15, -0.1) is 0 Å². The van der Waals surface area contributed by atoms with E-state index in [1.165, 1.54) is 25.1 Å². The van der Waals surface area contributed by atoms with E-state index in [-0.39, 0.29) is 23.5 Å². The predicted molar refractivity (Wildman–Crippen MR) is 138 cm³/mol. The van der Waals surface area contributed by atoms with Crippen molar-refractivity contribution < 1.29 is 22.7 Å². The number of rotatable bonds is 7. The Balaban J connectivity index is 1.75. The number of hydrogen-bond acceptors (Lipinski definition) is 7. The van der Waals surface area contributed by atoms with Gasteiger partial charge in [0.05, 0.1) is 47.1 Å². The van der Waals surface area contributed by atoms with Crippen molar-refractivity contribution in [1.29, 1.82) is 0 Å². The molecule has 37 heavy (non-hydrogen) atoms. The van der Waals surface area contributed by atoms with Crippen LogP contribution >= 0.6 is 0 Å². The fourth-order valence-corrected chi connectivity index (χ4v) is 3.98. The highest BCUT2D eigenvalue weighted by Crippen LogP contribution is 2.43. The van der Waals surface area contributed by atoms with Crippen LogP contribution in [-0.4, -0.2) is 55.9 Å². The van der Waals surface area contributed by atoms with Crippen molar-refractivity contribution in [1.82, 2.24) is 9.97 Å². The van der Waals surface area contributed by atoms with Gasteiger partial charge in [0, 0.05) is 39.0 Å². The molecule has 0 radical (unpaired) electrons. The summed E-state index contributed by atoms with van der Waals surface area (Å²) in [6.07, 6.45) is -4.68. The summed E-state index contributed by atoms with van der Waals surface area (Å²) in [7, 11) is 4.67. The molecule has 0 spiro atoms. The van der Waals surface area contributed by atoms with Crippen molar-refractivity contribution in [2.24, 2.45) is 4.99 Å². The predicted octanol–water partition coefficient (Wildman–Crippen LogP) is 5.06. The number of hydrogen-bond donors (Lipinski definition) is 2. The molecule has 1 aliphatic heterocycles. The number of benzene rings is 2. The van der Waals surface area contributed by atoms with Gasteiger partial charge in [0.1, 0.15) is 0 Å². The fraction of sp³-hybridized carbons (Fsp3) is 0.308. The minimum absolute atomic E-state index is 0.0206. The second-order valence-corrected chi connectivity index (χ2v) is 8.78. The lowest BCUT2D eigenvalue weighted by Gasteiger charge is -2.21. The number of aliphatic imine (C=N–C) groups is 1. The van der Waals surface area contributed by atoms with E-state index in [0.717, 1.165) is 17.3 Å². The van der Waals surface area contributed by atoms with E-state index in [1.54, 1.807) is 7.11 Å². The van der Waals surface area contributed by atoms with Crippen LogP contribution in [0.2, 0.25) is 0 Å². The second-order valence-electron chi connectivity index (χ2n) is 8.78. The van der Waals surface area contributed by atoms with E-state index in [1.807, 2.05) is 37.3 Å². The van der Waals surface area contributed by atoms with Crippen LogP contribution in [0.4, 0.5) is 36.2 Å². The quantitative estimate of drug-likeness (QED) is 0.430. The van der Waals surface area contributed by atoms with E-state index in [4.69, 9.17) is 4.74 Å². The van der Waals surface area contributed by atoms with Crippen molar-refractivity contribution >= 4 is 34.6 Å². The molecule has 1 aromatic heterocycles. The number of alkyl halides is 3. The Bertz CT molecular complexity index is 1350. The molecule has 1 amide bonds. The van der Waals surface area contributed by atoms with Crippen LogP contribution in [0.1, 0.15) is 23.2 Å². The average molecular weight is 513 g/mol. The maximum Gasteiger partial charge on any atom is 0.418 e. The van der Waals surface area contributed by atoms with Gasteiger partial charge in [-0.1, -0.05) is 18.2 Å². The van der Waals surface area contributed by atoms with Crippen molar-refractivity contribution in [2.75, 3.05) is 49.9 Å². The highest BCUT2D eigenvalue weighted by atomic mass is 19.4. The number of aromatic nitrogens is 2. The van der Waals surface area contributed by atoms with Gasteiger partial charge in [0.25, 0.3) is 0 Å². The number of ether oxygens (including phenoxy) is 1. The Labute approximate surface area is 212 Å². The molecule has 2 heterocycles. The zero-order chi connectivity index (χ0) is 26.7. The first-order chi connectivity index (χ1) is 17.5. The van der Waals surface area contributed by atoms with Gasteiger partial charge in [-0.05, 0) is 36.8 Å². The number of aryl methyl sites for hydroxylation is 1. The van der Waals surface area contributed by atoms with Gasteiger partial charge in [0.2, 0.25) is 11.9 Å². The molecule has 0 saturated carbocycles. The molecule has 0 fully saturated rings. The molecule has 0 aliphatic carbocycles. The zero-order valence-corrected chi connectivity index (χ0v) is 20.9. The molecule has 4 rings (SSSR count). The van der Waals surface area contributed by atoms with E-state index in [0.29, 0.717) is 36.1 Å². The Morgan fingerprint density at radius 2 is 1.86 bits per heavy atom. The van der Waals surface area contributed by atoms with E-state index < -0.39 is 17.6 Å². The molecule has 0 unspecified atom stereocenters. The molecule has 2 aromatic carbocycles. The highest BCUT2D eigenvalue weighted by Gasteiger charge is 2.36. The lowest BCUT2D eigenvalue weighted by atomic mass is 10.0. The number of fused-ring (bicyclic) bond motifs is 1. The van der Waals surface area contributed by atoms with E-state index in [9.17, 15) is 18.0 Å². The van der Waals surface area contributed by atoms with Crippen molar-refractivity contribution in [3.63, 3.8) is 0 Å². The molecular formula is C26H27F3N6O2. The zero-order valence-electron chi connectivity index (χ0n) is 20.9. The second kappa shape index (κ2) is 10.6. The third-order valence-electron chi connectivity index (χ3n) is 5.69. The Morgan fingerprint density at radius 1 is 1.11 bits per heavy atom. The first kappa shape index (κ1) is 26.1. The smallest absolute Gasteiger partial charge is 0.383 e. The molecule has 0 saturated heterocycles. The summed E-state index contributed by atoms with van der Waals surface area (Å²) < 4.78 is 46.1. The summed E-state index contributed by atoms with van der Waals surface area (Å²) in [6.45, 7) is 2.92. The van der Waals surface area contributed by atoms with Crippen molar-refractivity contribution in [2.45, 2.75) is 19.5 Å². The monoisotopic (exact) mass is 512 g/mol. The molecule has 0 bridgehead atoms. The summed E-state index contributed by atoms with van der Waals surface area (Å²) in [5.41, 5.74) is 2.73. The van der Waals surface area contributed by atoms with Crippen LogP contribution in [0.5, 0.6) is 0 Å². The minimum atomic E-state index is -4.58. The van der Waals surface area contributed by atoms with Gasteiger partial charge < -0.3 is 20.3 Å². The van der Waals surface area contributed by atoms with Crippen LogP contribution in [-0.2, 0) is 15.7 Å². The Morgan fingerprint density at radius 3 is 2.57 bits per heavy atom. The third kappa shape index (κ3) is 6.05. The van der Waals surface area contributed by atoms with Crippen LogP contribution in [0, 0.1) is 6.92 Å². The Hall–Kier alpha value is -3.99. The summed E-state index contributed by atoms with van der Waals surface area (Å²) >= 11 is 0. The van der Waals surface area contributed by atoms with Gasteiger partial charge in [0.15, 0.2) is 0 Å². The standard InChI is InChI=1S/C26H27F3N6O2/c1-15-10-19(34-25(31-15)30-8-9-37-4)16-6-5-7-17(11-16)20-14-24(36)33-21-12-18(26(27,28)29)23(35(2)3)13-22(21)32-20/h5-7,10-13H,8-9,14H2,1-4H3,(H,33,36)(H,30,31,34). The molecule has 2 N–H and O–H groups in total. The van der Waals surface area contributed by atoms with Crippen molar-refractivity contribution in [3.05, 3.63) is 59.3 Å². The van der Waals surface area contributed by atoms with Gasteiger partial charge in [-0.3, -0.25) is 9.79 Å².